The summed E-state index contributed by atoms with van der Waals surface area (Å²) < 4.78 is 18.8. The van der Waals surface area contributed by atoms with Crippen molar-refractivity contribution in [1.29, 1.82) is 0 Å². The first-order valence-electron chi connectivity index (χ1n) is 10.6. The molecule has 0 saturated heterocycles. The van der Waals surface area contributed by atoms with Crippen LogP contribution in [0.1, 0.15) is 17.8 Å². The van der Waals surface area contributed by atoms with Crippen LogP contribution in [-0.2, 0) is 17.8 Å². The zero-order valence-electron chi connectivity index (χ0n) is 19.1. The minimum absolute atomic E-state index is 0.141. The molecule has 0 spiro atoms. The van der Waals surface area contributed by atoms with Gasteiger partial charge in [0.05, 0.1) is 21.3 Å². The number of nitrogens with one attached hydrogen (secondary N) is 1. The van der Waals surface area contributed by atoms with Gasteiger partial charge in [-0.05, 0) is 42.0 Å². The van der Waals surface area contributed by atoms with Crippen molar-refractivity contribution in [3.8, 4) is 22.9 Å². The Kier molecular flexibility index (Phi) is 6.77. The maximum Gasteiger partial charge on any atom is 0.300 e. The SMILES string of the molecule is COc1ccc(-n2ccn3c(CCC(=O)NCc4ccc(OC)c(OC)c4)nnc3c2=O)cc1. The van der Waals surface area contributed by atoms with E-state index in [0.717, 1.165) is 5.56 Å². The highest BCUT2D eigenvalue weighted by atomic mass is 16.5. The molecule has 0 bridgehead atoms. The van der Waals surface area contributed by atoms with Gasteiger partial charge in [-0.1, -0.05) is 6.07 Å². The number of hydrogen-bond donors (Lipinski definition) is 1. The third-order valence-corrected chi connectivity index (χ3v) is 5.41. The maximum absolute atomic E-state index is 12.9. The molecule has 10 heteroatoms. The van der Waals surface area contributed by atoms with Gasteiger partial charge >= 0.3 is 5.56 Å². The van der Waals surface area contributed by atoms with E-state index >= 15 is 0 Å². The molecule has 176 valence electrons. The number of amides is 1. The molecule has 2 aromatic carbocycles. The first-order chi connectivity index (χ1) is 16.5. The number of rotatable bonds is 9. The monoisotopic (exact) mass is 463 g/mol. The number of carbonyl (C=O) groups is 1. The van der Waals surface area contributed by atoms with Crippen LogP contribution in [0.2, 0.25) is 0 Å². The van der Waals surface area contributed by atoms with Crippen LogP contribution in [0.5, 0.6) is 17.2 Å². The Bertz CT molecular complexity index is 1360. The molecular formula is C24H25N5O5. The van der Waals surface area contributed by atoms with Crippen LogP contribution >= 0.6 is 0 Å². The summed E-state index contributed by atoms with van der Waals surface area (Å²) in [5.74, 6) is 2.33. The lowest BCUT2D eigenvalue weighted by Crippen LogP contribution is -2.23. The van der Waals surface area contributed by atoms with Gasteiger partial charge in [-0.2, -0.15) is 0 Å². The highest BCUT2D eigenvalue weighted by Crippen LogP contribution is 2.27. The molecule has 0 aliphatic carbocycles. The van der Waals surface area contributed by atoms with Crippen molar-refractivity contribution in [2.45, 2.75) is 19.4 Å². The second kappa shape index (κ2) is 10.1. The molecule has 2 heterocycles. The zero-order valence-corrected chi connectivity index (χ0v) is 19.1. The smallest absolute Gasteiger partial charge is 0.300 e. The van der Waals surface area contributed by atoms with Crippen molar-refractivity contribution < 1.29 is 19.0 Å². The van der Waals surface area contributed by atoms with Crippen molar-refractivity contribution in [2.24, 2.45) is 0 Å². The van der Waals surface area contributed by atoms with Gasteiger partial charge in [0.25, 0.3) is 0 Å². The summed E-state index contributed by atoms with van der Waals surface area (Å²) in [4.78, 5) is 25.3. The standard InChI is InChI=1S/C24H25N5O5/c1-32-18-7-5-17(6-8-18)28-12-13-29-21(26-27-23(29)24(28)31)10-11-22(30)25-15-16-4-9-19(33-2)20(14-16)34-3/h4-9,12-14H,10-11,15H2,1-3H3,(H,25,30). The van der Waals surface area contributed by atoms with Crippen molar-refractivity contribution in [1.82, 2.24) is 24.5 Å². The minimum atomic E-state index is -0.302. The second-order valence-electron chi connectivity index (χ2n) is 7.45. The molecule has 0 atom stereocenters. The molecule has 1 amide bonds. The molecule has 4 rings (SSSR count). The molecule has 2 aromatic heterocycles. The van der Waals surface area contributed by atoms with E-state index in [0.29, 0.717) is 41.7 Å². The van der Waals surface area contributed by atoms with Gasteiger partial charge in [0.2, 0.25) is 11.6 Å². The van der Waals surface area contributed by atoms with Gasteiger partial charge in [0, 0.05) is 37.5 Å². The van der Waals surface area contributed by atoms with Crippen LogP contribution in [0.15, 0.2) is 59.7 Å². The summed E-state index contributed by atoms with van der Waals surface area (Å²) in [5, 5.41) is 11.0. The molecule has 0 fully saturated rings. The highest BCUT2D eigenvalue weighted by Gasteiger charge is 2.13. The van der Waals surface area contributed by atoms with E-state index in [1.807, 2.05) is 12.1 Å². The Hall–Kier alpha value is -4.34. The lowest BCUT2D eigenvalue weighted by molar-refractivity contribution is -0.121. The number of aryl methyl sites for hydroxylation is 1. The summed E-state index contributed by atoms with van der Waals surface area (Å²) >= 11 is 0. The fourth-order valence-electron chi connectivity index (χ4n) is 3.56. The summed E-state index contributed by atoms with van der Waals surface area (Å²) in [6.45, 7) is 0.354. The highest BCUT2D eigenvalue weighted by molar-refractivity contribution is 5.76. The van der Waals surface area contributed by atoms with Gasteiger partial charge in [0.1, 0.15) is 11.6 Å². The van der Waals surface area contributed by atoms with Crippen molar-refractivity contribution >= 4 is 11.6 Å². The number of carbonyl (C=O) groups excluding carboxylic acids is 1. The molecule has 4 aromatic rings. The van der Waals surface area contributed by atoms with E-state index in [4.69, 9.17) is 14.2 Å². The Morgan fingerprint density at radius 2 is 1.71 bits per heavy atom. The van der Waals surface area contributed by atoms with Gasteiger partial charge in [0.15, 0.2) is 11.5 Å². The van der Waals surface area contributed by atoms with Crippen LogP contribution in [0, 0.1) is 0 Å². The van der Waals surface area contributed by atoms with Crippen LogP contribution in [0.3, 0.4) is 0 Å². The largest absolute Gasteiger partial charge is 0.497 e. The van der Waals surface area contributed by atoms with Gasteiger partial charge in [-0.25, -0.2) is 0 Å². The molecule has 0 radical (unpaired) electrons. The van der Waals surface area contributed by atoms with Crippen LogP contribution in [-0.4, -0.2) is 46.4 Å². The first kappa shape index (κ1) is 22.8. The lowest BCUT2D eigenvalue weighted by atomic mass is 10.2. The predicted molar refractivity (Wildman–Crippen MR) is 125 cm³/mol. The summed E-state index contributed by atoms with van der Waals surface area (Å²) in [6.07, 6.45) is 3.92. The zero-order chi connectivity index (χ0) is 24.1. The minimum Gasteiger partial charge on any atom is -0.497 e. The third kappa shape index (κ3) is 4.70. The van der Waals surface area contributed by atoms with Gasteiger partial charge < -0.3 is 19.5 Å². The number of benzene rings is 2. The van der Waals surface area contributed by atoms with E-state index in [-0.39, 0.29) is 23.5 Å². The van der Waals surface area contributed by atoms with E-state index in [2.05, 4.69) is 15.5 Å². The first-order valence-corrected chi connectivity index (χ1v) is 10.6. The van der Waals surface area contributed by atoms with Crippen molar-refractivity contribution in [2.75, 3.05) is 21.3 Å². The molecule has 0 unspecified atom stereocenters. The quantitative estimate of drug-likeness (QED) is 0.405. The number of fused-ring (bicyclic) bond motifs is 1. The Balaban J connectivity index is 1.41. The third-order valence-electron chi connectivity index (χ3n) is 5.41. The fourth-order valence-corrected chi connectivity index (χ4v) is 3.56. The molecule has 10 nitrogen and oxygen atoms in total. The van der Waals surface area contributed by atoms with Crippen molar-refractivity contribution in [3.63, 3.8) is 0 Å². The Morgan fingerprint density at radius 3 is 2.41 bits per heavy atom. The number of aromatic nitrogens is 4. The van der Waals surface area contributed by atoms with Gasteiger partial charge in [-0.15, -0.1) is 10.2 Å². The molecule has 34 heavy (non-hydrogen) atoms. The average Bonchev–Trinajstić information content (AvgIpc) is 3.30. The molecular weight excluding hydrogens is 438 g/mol. The maximum atomic E-state index is 12.9. The number of methoxy groups -OCH3 is 3. The van der Waals surface area contributed by atoms with Crippen LogP contribution < -0.4 is 25.1 Å². The fraction of sp³-hybridized carbons (Fsp3) is 0.250. The van der Waals surface area contributed by atoms with E-state index < -0.39 is 0 Å². The second-order valence-corrected chi connectivity index (χ2v) is 7.45. The lowest BCUT2D eigenvalue weighted by Gasteiger charge is -2.10. The average molecular weight is 463 g/mol. The van der Waals surface area contributed by atoms with Crippen molar-refractivity contribution in [3.05, 3.63) is 76.6 Å². The molecule has 0 saturated carbocycles. The van der Waals surface area contributed by atoms with Crippen LogP contribution in [0.4, 0.5) is 0 Å². The normalized spacial score (nSPS) is 10.8. The molecule has 1 N–H and O–H groups in total. The van der Waals surface area contributed by atoms with Gasteiger partial charge in [-0.3, -0.25) is 18.6 Å². The Labute approximate surface area is 195 Å². The van der Waals surface area contributed by atoms with E-state index in [1.165, 1.54) is 4.57 Å². The topological polar surface area (TPSA) is 109 Å². The number of hydrogen-bond acceptors (Lipinski definition) is 7. The predicted octanol–water partition coefficient (Wildman–Crippen LogP) is 2.15. The summed E-state index contributed by atoms with van der Waals surface area (Å²) in [7, 11) is 4.72. The van der Waals surface area contributed by atoms with E-state index in [1.54, 1.807) is 68.5 Å². The van der Waals surface area contributed by atoms with Crippen LogP contribution in [0.25, 0.3) is 11.3 Å². The molecule has 0 aliphatic rings. The Morgan fingerprint density at radius 1 is 0.941 bits per heavy atom. The van der Waals surface area contributed by atoms with E-state index in [9.17, 15) is 9.59 Å². The summed E-state index contributed by atoms with van der Waals surface area (Å²) in [6, 6.07) is 12.6. The summed E-state index contributed by atoms with van der Waals surface area (Å²) in [5.41, 5.74) is 1.47. The number of nitrogens with zero attached hydrogens (tertiary/aromatic N) is 4. The number of ether oxygens (including phenoxy) is 3. The molecule has 0 aliphatic heterocycles.